The number of thioether (sulfide) groups is 2. The summed E-state index contributed by atoms with van der Waals surface area (Å²) >= 11 is 2.95. The fraction of sp³-hybridized carbons (Fsp3) is 0.619. The molecule has 9 N–H and O–H groups in total. The molecule has 1 rings (SSSR count). The SMILES string of the molecule is CSCCC(N)C(=O)NC(Cc1cnc[nH]1)C(=O)NC(CCC(N)=O)C(=O)NC(CCSC)C(=O)O. The van der Waals surface area contributed by atoms with E-state index in [2.05, 4.69) is 25.9 Å². The molecule has 0 aliphatic carbocycles. The summed E-state index contributed by atoms with van der Waals surface area (Å²) in [4.78, 5) is 68.3. The van der Waals surface area contributed by atoms with E-state index in [1.165, 1.54) is 36.0 Å². The van der Waals surface area contributed by atoms with Gasteiger partial charge in [0.1, 0.15) is 18.1 Å². The van der Waals surface area contributed by atoms with Crippen LogP contribution in [0, 0.1) is 0 Å². The number of imidazole rings is 1. The number of carbonyl (C=O) groups is 5. The molecule has 1 heterocycles. The van der Waals surface area contributed by atoms with Crippen LogP contribution >= 0.6 is 23.5 Å². The number of hydrogen-bond acceptors (Lipinski definition) is 9. The molecule has 15 heteroatoms. The van der Waals surface area contributed by atoms with E-state index in [1.54, 1.807) is 6.26 Å². The molecule has 1 aromatic heterocycles. The van der Waals surface area contributed by atoms with Crippen molar-refractivity contribution in [2.75, 3.05) is 24.0 Å². The van der Waals surface area contributed by atoms with Crippen molar-refractivity contribution in [1.29, 1.82) is 0 Å². The lowest BCUT2D eigenvalue weighted by molar-refractivity contribution is -0.142. The van der Waals surface area contributed by atoms with E-state index in [4.69, 9.17) is 11.5 Å². The van der Waals surface area contributed by atoms with Crippen molar-refractivity contribution in [2.45, 2.75) is 56.3 Å². The zero-order chi connectivity index (χ0) is 27.1. The molecule has 13 nitrogen and oxygen atoms in total. The van der Waals surface area contributed by atoms with Crippen LogP contribution in [0.2, 0.25) is 0 Å². The first kappa shape index (κ1) is 31.3. The minimum atomic E-state index is -1.26. The summed E-state index contributed by atoms with van der Waals surface area (Å²) in [5.41, 5.74) is 11.7. The van der Waals surface area contributed by atoms with Crippen molar-refractivity contribution in [3.05, 3.63) is 18.2 Å². The Morgan fingerprint density at radius 2 is 1.53 bits per heavy atom. The molecule has 0 saturated carbocycles. The van der Waals surface area contributed by atoms with Crippen molar-refractivity contribution in [1.82, 2.24) is 25.9 Å². The number of hydrogen-bond donors (Lipinski definition) is 7. The zero-order valence-corrected chi connectivity index (χ0v) is 22.0. The van der Waals surface area contributed by atoms with Crippen molar-refractivity contribution in [3.8, 4) is 0 Å². The Morgan fingerprint density at radius 3 is 2.08 bits per heavy atom. The molecule has 36 heavy (non-hydrogen) atoms. The van der Waals surface area contributed by atoms with Gasteiger partial charge in [0.05, 0.1) is 12.4 Å². The molecule has 0 spiro atoms. The van der Waals surface area contributed by atoms with Gasteiger partial charge in [0.2, 0.25) is 23.6 Å². The Kier molecular flexibility index (Phi) is 14.6. The van der Waals surface area contributed by atoms with Crippen LogP contribution < -0.4 is 27.4 Å². The minimum absolute atomic E-state index is 0.0302. The van der Waals surface area contributed by atoms with Gasteiger partial charge in [0.15, 0.2) is 0 Å². The lowest BCUT2D eigenvalue weighted by Crippen LogP contribution is -2.57. The van der Waals surface area contributed by atoms with Crippen LogP contribution in [0.4, 0.5) is 0 Å². The minimum Gasteiger partial charge on any atom is -0.480 e. The second-order valence-corrected chi connectivity index (χ2v) is 9.95. The lowest BCUT2D eigenvalue weighted by Gasteiger charge is -2.25. The highest BCUT2D eigenvalue weighted by Crippen LogP contribution is 2.07. The van der Waals surface area contributed by atoms with Gasteiger partial charge in [-0.1, -0.05) is 0 Å². The number of nitrogens with zero attached hydrogens (tertiary/aromatic N) is 1. The predicted octanol–water partition coefficient (Wildman–Crippen LogP) is -1.41. The summed E-state index contributed by atoms with van der Waals surface area (Å²) in [6.07, 6.45) is 6.82. The quantitative estimate of drug-likeness (QED) is 0.114. The number of carbonyl (C=O) groups excluding carboxylic acids is 4. The molecule has 0 aromatic carbocycles. The summed E-state index contributed by atoms with van der Waals surface area (Å²) in [5.74, 6) is -2.79. The van der Waals surface area contributed by atoms with Crippen molar-refractivity contribution >= 4 is 53.1 Å². The maximum absolute atomic E-state index is 13.2. The van der Waals surface area contributed by atoms with Crippen LogP contribution in [0.5, 0.6) is 0 Å². The summed E-state index contributed by atoms with van der Waals surface area (Å²) in [6, 6.07) is -4.38. The van der Waals surface area contributed by atoms with Gasteiger partial charge in [-0.3, -0.25) is 19.2 Å². The zero-order valence-electron chi connectivity index (χ0n) is 20.3. The largest absolute Gasteiger partial charge is 0.480 e. The summed E-state index contributed by atoms with van der Waals surface area (Å²) < 4.78 is 0. The van der Waals surface area contributed by atoms with Crippen LogP contribution in [0.3, 0.4) is 0 Å². The molecule has 0 bridgehead atoms. The number of aliphatic carboxylic acids is 1. The molecule has 0 radical (unpaired) electrons. The average molecular weight is 546 g/mol. The average Bonchev–Trinajstić information content (AvgIpc) is 3.34. The van der Waals surface area contributed by atoms with Gasteiger partial charge < -0.3 is 37.5 Å². The normalized spacial score (nSPS) is 14.2. The third-order valence-corrected chi connectivity index (χ3v) is 6.41. The number of carboxylic acids is 1. The van der Waals surface area contributed by atoms with Crippen LogP contribution in [-0.4, -0.2) is 92.9 Å². The maximum Gasteiger partial charge on any atom is 0.326 e. The number of primary amides is 1. The molecule has 0 aliphatic rings. The molecule has 4 amide bonds. The van der Waals surface area contributed by atoms with Gasteiger partial charge in [-0.2, -0.15) is 23.5 Å². The third kappa shape index (κ3) is 11.8. The van der Waals surface area contributed by atoms with Gasteiger partial charge in [-0.25, -0.2) is 9.78 Å². The van der Waals surface area contributed by atoms with Crippen molar-refractivity contribution in [3.63, 3.8) is 0 Å². The Labute approximate surface area is 218 Å². The van der Waals surface area contributed by atoms with Crippen LogP contribution in [0.1, 0.15) is 31.4 Å². The molecular formula is C21H35N7O6S2. The van der Waals surface area contributed by atoms with Crippen molar-refractivity contribution < 1.29 is 29.1 Å². The van der Waals surface area contributed by atoms with Crippen LogP contribution in [-0.2, 0) is 30.4 Å². The first-order valence-electron chi connectivity index (χ1n) is 11.2. The highest BCUT2D eigenvalue weighted by molar-refractivity contribution is 7.98. The summed E-state index contributed by atoms with van der Waals surface area (Å²) in [6.45, 7) is 0. The van der Waals surface area contributed by atoms with Crippen LogP contribution in [0.15, 0.2) is 12.5 Å². The van der Waals surface area contributed by atoms with Gasteiger partial charge in [-0.15, -0.1) is 0 Å². The van der Waals surface area contributed by atoms with Gasteiger partial charge in [-0.05, 0) is 43.3 Å². The highest BCUT2D eigenvalue weighted by Gasteiger charge is 2.30. The first-order valence-corrected chi connectivity index (χ1v) is 14.0. The lowest BCUT2D eigenvalue weighted by atomic mass is 10.1. The topological polar surface area (TPSA) is 222 Å². The molecule has 4 unspecified atom stereocenters. The number of amides is 4. The summed E-state index contributed by atoms with van der Waals surface area (Å²) in [5, 5.41) is 17.0. The van der Waals surface area contributed by atoms with Gasteiger partial charge in [0.25, 0.3) is 0 Å². The summed E-state index contributed by atoms with van der Waals surface area (Å²) in [7, 11) is 0. The molecule has 4 atom stereocenters. The van der Waals surface area contributed by atoms with Crippen molar-refractivity contribution in [2.24, 2.45) is 11.5 Å². The van der Waals surface area contributed by atoms with E-state index in [9.17, 15) is 29.1 Å². The van der Waals surface area contributed by atoms with E-state index in [0.717, 1.165) is 0 Å². The number of carboxylic acid groups (broad SMARTS) is 1. The Balaban J connectivity index is 3.04. The molecule has 1 aromatic rings. The maximum atomic E-state index is 13.2. The number of aromatic amines is 1. The molecule has 0 saturated heterocycles. The Hall–Kier alpha value is -2.78. The van der Waals surface area contributed by atoms with Gasteiger partial charge >= 0.3 is 5.97 Å². The second-order valence-electron chi connectivity index (χ2n) is 7.98. The predicted molar refractivity (Wildman–Crippen MR) is 138 cm³/mol. The van der Waals surface area contributed by atoms with Gasteiger partial charge in [0, 0.05) is 24.7 Å². The number of nitrogens with two attached hydrogens (primary N) is 2. The second kappa shape index (κ2) is 16.8. The molecule has 0 aliphatic heterocycles. The van der Waals surface area contributed by atoms with Crippen LogP contribution in [0.25, 0.3) is 0 Å². The van der Waals surface area contributed by atoms with E-state index in [1.807, 2.05) is 6.26 Å². The Morgan fingerprint density at radius 1 is 0.944 bits per heavy atom. The van der Waals surface area contributed by atoms with E-state index >= 15 is 0 Å². The number of rotatable bonds is 18. The molecular weight excluding hydrogens is 510 g/mol. The monoisotopic (exact) mass is 545 g/mol. The van der Waals surface area contributed by atoms with E-state index in [0.29, 0.717) is 23.6 Å². The standard InChI is InChI=1S/C21H35N7O6S2/c1-35-7-5-13(22)18(30)28-16(9-12-10-24-11-25-12)20(32)26-14(3-4-17(23)29)19(31)27-15(21(33)34)6-8-36-2/h10-11,13-16H,3-9,22H2,1-2H3,(H2,23,29)(H,24,25)(H,26,32)(H,27,31)(H,28,30)(H,33,34). The Bertz CT molecular complexity index is 871. The third-order valence-electron chi connectivity index (χ3n) is 5.12. The smallest absolute Gasteiger partial charge is 0.326 e. The number of H-pyrrole nitrogens is 1. The fourth-order valence-electron chi connectivity index (χ4n) is 3.07. The fourth-order valence-corrected chi connectivity index (χ4v) is 4.03. The highest BCUT2D eigenvalue weighted by atomic mass is 32.2. The molecule has 0 fully saturated rings. The van der Waals surface area contributed by atoms with E-state index < -0.39 is 53.8 Å². The molecule has 202 valence electrons. The van der Waals surface area contributed by atoms with E-state index in [-0.39, 0.29) is 25.7 Å². The first-order chi connectivity index (χ1) is 17.1. The number of nitrogens with one attached hydrogen (secondary N) is 4. The number of aromatic nitrogens is 2.